The van der Waals surface area contributed by atoms with E-state index in [1.54, 1.807) is 0 Å². The summed E-state index contributed by atoms with van der Waals surface area (Å²) in [4.78, 5) is 0. The molecule has 0 aliphatic carbocycles. The van der Waals surface area contributed by atoms with Crippen LogP contribution in [-0.2, 0) is 16.0 Å². The van der Waals surface area contributed by atoms with E-state index < -0.39 is 0 Å². The maximum absolute atomic E-state index is 9.10. The lowest BCUT2D eigenvalue weighted by Gasteiger charge is -2.22. The SMILES string of the molecule is N#Cc1nn(CCO[C@@H]2CCCCO2)c2ccccc12. The lowest BCUT2D eigenvalue weighted by molar-refractivity contribution is -0.163. The van der Waals surface area contributed by atoms with Gasteiger partial charge in [0.2, 0.25) is 0 Å². The van der Waals surface area contributed by atoms with Crippen molar-refractivity contribution in [2.24, 2.45) is 0 Å². The van der Waals surface area contributed by atoms with Gasteiger partial charge in [0.25, 0.3) is 0 Å². The molecule has 2 aromatic rings. The largest absolute Gasteiger partial charge is 0.353 e. The van der Waals surface area contributed by atoms with Gasteiger partial charge in [0.1, 0.15) is 6.07 Å². The van der Waals surface area contributed by atoms with Crippen LogP contribution in [0.25, 0.3) is 10.9 Å². The molecule has 0 unspecified atom stereocenters. The number of aromatic nitrogens is 2. The lowest BCUT2D eigenvalue weighted by Crippen LogP contribution is -2.24. The maximum Gasteiger partial charge on any atom is 0.170 e. The number of para-hydroxylation sites is 1. The minimum absolute atomic E-state index is 0.0824. The number of rotatable bonds is 4. The Morgan fingerprint density at radius 1 is 1.40 bits per heavy atom. The van der Waals surface area contributed by atoms with E-state index in [-0.39, 0.29) is 6.29 Å². The van der Waals surface area contributed by atoms with Gasteiger partial charge in [0.15, 0.2) is 12.0 Å². The van der Waals surface area contributed by atoms with Crippen molar-refractivity contribution in [3.63, 3.8) is 0 Å². The smallest absolute Gasteiger partial charge is 0.170 e. The van der Waals surface area contributed by atoms with Gasteiger partial charge in [0.05, 0.1) is 18.7 Å². The van der Waals surface area contributed by atoms with Crippen molar-refractivity contribution in [2.75, 3.05) is 13.2 Å². The quantitative estimate of drug-likeness (QED) is 0.857. The van der Waals surface area contributed by atoms with Gasteiger partial charge in [-0.2, -0.15) is 10.4 Å². The van der Waals surface area contributed by atoms with Gasteiger partial charge < -0.3 is 9.47 Å². The van der Waals surface area contributed by atoms with Crippen LogP contribution < -0.4 is 0 Å². The average molecular weight is 271 g/mol. The molecule has 1 aliphatic heterocycles. The van der Waals surface area contributed by atoms with E-state index in [1.807, 2.05) is 28.9 Å². The Labute approximate surface area is 117 Å². The zero-order valence-corrected chi connectivity index (χ0v) is 11.3. The van der Waals surface area contributed by atoms with Gasteiger partial charge in [-0.3, -0.25) is 4.68 Å². The Hall–Kier alpha value is -1.90. The molecule has 1 aromatic carbocycles. The van der Waals surface area contributed by atoms with Crippen molar-refractivity contribution in [1.82, 2.24) is 9.78 Å². The molecule has 2 heterocycles. The van der Waals surface area contributed by atoms with Crippen molar-refractivity contribution in [3.05, 3.63) is 30.0 Å². The van der Waals surface area contributed by atoms with Gasteiger partial charge in [-0.1, -0.05) is 12.1 Å². The van der Waals surface area contributed by atoms with Gasteiger partial charge in [0, 0.05) is 12.0 Å². The number of hydrogen-bond acceptors (Lipinski definition) is 4. The van der Waals surface area contributed by atoms with Crippen LogP contribution in [-0.4, -0.2) is 29.3 Å². The zero-order valence-electron chi connectivity index (χ0n) is 11.3. The summed E-state index contributed by atoms with van der Waals surface area (Å²) in [5.74, 6) is 0. The molecule has 1 aromatic heterocycles. The molecule has 5 heteroatoms. The van der Waals surface area contributed by atoms with Crippen molar-refractivity contribution in [1.29, 1.82) is 5.26 Å². The molecule has 0 bridgehead atoms. The second kappa shape index (κ2) is 6.04. The van der Waals surface area contributed by atoms with Crippen molar-refractivity contribution < 1.29 is 9.47 Å². The molecule has 5 nitrogen and oxygen atoms in total. The fourth-order valence-electron chi connectivity index (χ4n) is 2.49. The highest BCUT2D eigenvalue weighted by Crippen LogP contribution is 2.18. The first-order chi connectivity index (χ1) is 9.88. The third kappa shape index (κ3) is 2.67. The van der Waals surface area contributed by atoms with E-state index in [2.05, 4.69) is 11.2 Å². The molecule has 0 N–H and O–H groups in total. The molecule has 1 saturated heterocycles. The first-order valence-electron chi connectivity index (χ1n) is 6.97. The van der Waals surface area contributed by atoms with E-state index in [0.717, 1.165) is 36.8 Å². The molecule has 0 saturated carbocycles. The lowest BCUT2D eigenvalue weighted by atomic mass is 10.2. The predicted octanol–water partition coefficient (Wildman–Crippen LogP) is 2.45. The number of hydrogen-bond donors (Lipinski definition) is 0. The fourth-order valence-corrected chi connectivity index (χ4v) is 2.49. The van der Waals surface area contributed by atoms with Crippen molar-refractivity contribution >= 4 is 10.9 Å². The number of nitriles is 1. The molecule has 104 valence electrons. The molecule has 1 atom stereocenters. The summed E-state index contributed by atoms with van der Waals surface area (Å²) in [6.07, 6.45) is 3.16. The molecule has 0 amide bonds. The molecule has 3 rings (SSSR count). The normalized spacial score (nSPS) is 19.1. The molecule has 0 radical (unpaired) electrons. The molecule has 1 aliphatic rings. The molecular formula is C15H17N3O2. The maximum atomic E-state index is 9.10. The summed E-state index contributed by atoms with van der Waals surface area (Å²) < 4.78 is 13.1. The number of ether oxygens (including phenoxy) is 2. The Balaban J connectivity index is 1.67. The molecule has 1 fully saturated rings. The number of benzene rings is 1. The monoisotopic (exact) mass is 271 g/mol. The summed E-state index contributed by atoms with van der Waals surface area (Å²) in [5, 5.41) is 14.3. The standard InChI is InChI=1S/C15H17N3O2/c16-11-13-12-5-1-2-6-14(12)18(17-13)8-10-20-15-7-3-4-9-19-15/h1-2,5-6,15H,3-4,7-10H2/t15-/m1/s1. The Kier molecular flexibility index (Phi) is 3.95. The zero-order chi connectivity index (χ0) is 13.8. The minimum Gasteiger partial charge on any atom is -0.353 e. The number of nitrogens with zero attached hydrogens (tertiary/aromatic N) is 3. The van der Waals surface area contributed by atoms with E-state index in [4.69, 9.17) is 14.7 Å². The molecule has 0 spiro atoms. The van der Waals surface area contributed by atoms with Crippen LogP contribution in [0.15, 0.2) is 24.3 Å². The van der Waals surface area contributed by atoms with E-state index in [1.165, 1.54) is 0 Å². The van der Waals surface area contributed by atoms with Crippen molar-refractivity contribution in [3.8, 4) is 6.07 Å². The Bertz CT molecular complexity index is 624. The van der Waals surface area contributed by atoms with Crippen LogP contribution in [0, 0.1) is 11.3 Å². The topological polar surface area (TPSA) is 60.1 Å². The predicted molar refractivity (Wildman–Crippen MR) is 74.0 cm³/mol. The highest BCUT2D eigenvalue weighted by molar-refractivity contribution is 5.84. The summed E-state index contributed by atoms with van der Waals surface area (Å²) in [6.45, 7) is 1.96. The average Bonchev–Trinajstić information content (AvgIpc) is 2.87. The molecular weight excluding hydrogens is 254 g/mol. The highest BCUT2D eigenvalue weighted by Gasteiger charge is 2.14. The van der Waals surface area contributed by atoms with E-state index in [9.17, 15) is 0 Å². The highest BCUT2D eigenvalue weighted by atomic mass is 16.7. The van der Waals surface area contributed by atoms with E-state index in [0.29, 0.717) is 18.8 Å². The van der Waals surface area contributed by atoms with Crippen LogP contribution in [0.2, 0.25) is 0 Å². The third-order valence-corrected chi connectivity index (χ3v) is 3.51. The molecule has 20 heavy (non-hydrogen) atoms. The van der Waals surface area contributed by atoms with Crippen LogP contribution in [0.4, 0.5) is 0 Å². The summed E-state index contributed by atoms with van der Waals surface area (Å²) in [5.41, 5.74) is 1.44. The Morgan fingerprint density at radius 3 is 3.10 bits per heavy atom. The second-order valence-corrected chi connectivity index (χ2v) is 4.87. The van der Waals surface area contributed by atoms with Crippen LogP contribution in [0.3, 0.4) is 0 Å². The summed E-state index contributed by atoms with van der Waals surface area (Å²) in [6, 6.07) is 9.89. The Morgan fingerprint density at radius 2 is 2.30 bits per heavy atom. The van der Waals surface area contributed by atoms with Crippen molar-refractivity contribution in [2.45, 2.75) is 32.1 Å². The first-order valence-corrected chi connectivity index (χ1v) is 6.97. The summed E-state index contributed by atoms with van der Waals surface area (Å²) in [7, 11) is 0. The van der Waals surface area contributed by atoms with Gasteiger partial charge in [-0.25, -0.2) is 0 Å². The van der Waals surface area contributed by atoms with Gasteiger partial charge >= 0.3 is 0 Å². The summed E-state index contributed by atoms with van der Waals surface area (Å²) >= 11 is 0. The minimum atomic E-state index is -0.0824. The second-order valence-electron chi connectivity index (χ2n) is 4.87. The van der Waals surface area contributed by atoms with Gasteiger partial charge in [-0.15, -0.1) is 0 Å². The fraction of sp³-hybridized carbons (Fsp3) is 0.467. The third-order valence-electron chi connectivity index (χ3n) is 3.51. The van der Waals surface area contributed by atoms with Gasteiger partial charge in [-0.05, 0) is 31.4 Å². The van der Waals surface area contributed by atoms with E-state index >= 15 is 0 Å². The first kappa shape index (κ1) is 13.1. The van der Waals surface area contributed by atoms with Crippen LogP contribution in [0.5, 0.6) is 0 Å². The van der Waals surface area contributed by atoms with Crippen LogP contribution in [0.1, 0.15) is 25.0 Å². The number of fused-ring (bicyclic) bond motifs is 1. The van der Waals surface area contributed by atoms with Crippen LogP contribution >= 0.6 is 0 Å².